The highest BCUT2D eigenvalue weighted by Gasteiger charge is 2.31. The summed E-state index contributed by atoms with van der Waals surface area (Å²) in [7, 11) is 1.58. The van der Waals surface area contributed by atoms with Crippen LogP contribution in [0.5, 0.6) is 0 Å². The maximum Gasteiger partial charge on any atom is 0.241 e. The van der Waals surface area contributed by atoms with Crippen molar-refractivity contribution in [3.05, 3.63) is 41.0 Å². The van der Waals surface area contributed by atoms with E-state index in [-0.39, 0.29) is 18.5 Å². The molecule has 0 N–H and O–H groups in total. The molecule has 24 heavy (non-hydrogen) atoms. The van der Waals surface area contributed by atoms with Gasteiger partial charge < -0.3 is 14.2 Å². The molecular formula is C16H19ClN4O3. The van der Waals surface area contributed by atoms with Gasteiger partial charge in [0.1, 0.15) is 6.61 Å². The van der Waals surface area contributed by atoms with Crippen LogP contribution in [0.15, 0.2) is 28.8 Å². The zero-order valence-electron chi connectivity index (χ0n) is 13.6. The van der Waals surface area contributed by atoms with Gasteiger partial charge in [-0.15, -0.1) is 0 Å². The second-order valence-electron chi connectivity index (χ2n) is 5.78. The van der Waals surface area contributed by atoms with Crippen molar-refractivity contribution in [2.75, 3.05) is 25.1 Å². The van der Waals surface area contributed by atoms with Gasteiger partial charge in [0, 0.05) is 30.4 Å². The molecule has 1 fully saturated rings. The van der Waals surface area contributed by atoms with Gasteiger partial charge in [0.05, 0.1) is 13.1 Å². The molecule has 8 heteroatoms. The van der Waals surface area contributed by atoms with E-state index in [1.54, 1.807) is 24.1 Å². The van der Waals surface area contributed by atoms with Crippen molar-refractivity contribution in [3.63, 3.8) is 0 Å². The van der Waals surface area contributed by atoms with Crippen LogP contribution >= 0.6 is 11.6 Å². The van der Waals surface area contributed by atoms with Crippen molar-refractivity contribution in [3.8, 4) is 0 Å². The maximum absolute atomic E-state index is 12.5. The second kappa shape index (κ2) is 7.29. The van der Waals surface area contributed by atoms with Crippen molar-refractivity contribution in [2.45, 2.75) is 26.1 Å². The Bertz CT molecular complexity index is 721. The van der Waals surface area contributed by atoms with Crippen LogP contribution in [-0.4, -0.2) is 47.2 Å². The lowest BCUT2D eigenvalue weighted by atomic mass is 10.1. The van der Waals surface area contributed by atoms with Gasteiger partial charge in [-0.2, -0.15) is 4.98 Å². The lowest BCUT2D eigenvalue weighted by Gasteiger charge is -2.38. The summed E-state index contributed by atoms with van der Waals surface area (Å²) >= 11 is 6.03. The first kappa shape index (κ1) is 16.9. The maximum atomic E-state index is 12.5. The number of anilines is 1. The van der Waals surface area contributed by atoms with E-state index in [0.29, 0.717) is 36.4 Å². The van der Waals surface area contributed by atoms with Crippen molar-refractivity contribution in [1.29, 1.82) is 0 Å². The average Bonchev–Trinajstić information content (AvgIpc) is 2.98. The standard InChI is InChI=1S/C16H19ClN4O3/c1-11-7-21(13-5-3-4-12(17)6-13)16(22)9-20(11)8-15-18-14(10-23-2)19-24-15/h3-6,11H,7-10H2,1-2H3/t11-/m0/s1. The molecule has 7 nitrogen and oxygen atoms in total. The summed E-state index contributed by atoms with van der Waals surface area (Å²) in [5.41, 5.74) is 0.819. The molecule has 0 bridgehead atoms. The Morgan fingerprint density at radius 3 is 3.04 bits per heavy atom. The summed E-state index contributed by atoms with van der Waals surface area (Å²) < 4.78 is 10.2. The molecule has 1 aliphatic rings. The Morgan fingerprint density at radius 2 is 2.29 bits per heavy atom. The monoisotopic (exact) mass is 350 g/mol. The number of piperazine rings is 1. The fourth-order valence-electron chi connectivity index (χ4n) is 2.72. The van der Waals surface area contributed by atoms with E-state index in [0.717, 1.165) is 5.69 Å². The van der Waals surface area contributed by atoms with E-state index in [2.05, 4.69) is 17.1 Å². The lowest BCUT2D eigenvalue weighted by molar-refractivity contribution is -0.122. The predicted molar refractivity (Wildman–Crippen MR) is 88.7 cm³/mol. The summed E-state index contributed by atoms with van der Waals surface area (Å²) in [6.45, 7) is 3.68. The summed E-state index contributed by atoms with van der Waals surface area (Å²) in [5.74, 6) is 1.01. The number of nitrogens with zero attached hydrogens (tertiary/aromatic N) is 4. The van der Waals surface area contributed by atoms with Gasteiger partial charge in [0.2, 0.25) is 11.8 Å². The van der Waals surface area contributed by atoms with Crippen molar-refractivity contribution >= 4 is 23.2 Å². The first-order valence-electron chi connectivity index (χ1n) is 7.67. The molecule has 2 aromatic rings. The molecule has 1 amide bonds. The molecular weight excluding hydrogens is 332 g/mol. The van der Waals surface area contributed by atoms with E-state index in [4.69, 9.17) is 20.9 Å². The van der Waals surface area contributed by atoms with Crippen LogP contribution in [0.2, 0.25) is 5.02 Å². The van der Waals surface area contributed by atoms with E-state index >= 15 is 0 Å². The number of carbonyl (C=O) groups excluding carboxylic acids is 1. The van der Waals surface area contributed by atoms with Crippen LogP contribution in [0.1, 0.15) is 18.6 Å². The molecule has 0 unspecified atom stereocenters. The molecule has 3 rings (SSSR count). The number of aromatic nitrogens is 2. The van der Waals surface area contributed by atoms with Gasteiger partial charge in [0.25, 0.3) is 0 Å². The van der Waals surface area contributed by atoms with Gasteiger partial charge in [-0.1, -0.05) is 22.8 Å². The zero-order valence-corrected chi connectivity index (χ0v) is 14.4. The summed E-state index contributed by atoms with van der Waals surface area (Å²) in [6, 6.07) is 7.48. The van der Waals surface area contributed by atoms with E-state index in [1.165, 1.54) is 0 Å². The van der Waals surface area contributed by atoms with Crippen LogP contribution in [0.4, 0.5) is 5.69 Å². The molecule has 0 spiro atoms. The topological polar surface area (TPSA) is 71.7 Å². The van der Waals surface area contributed by atoms with Crippen molar-refractivity contribution in [2.24, 2.45) is 0 Å². The number of amides is 1. The zero-order chi connectivity index (χ0) is 17.1. The number of halogens is 1. The molecule has 128 valence electrons. The number of hydrogen-bond acceptors (Lipinski definition) is 6. The van der Waals surface area contributed by atoms with Crippen LogP contribution in [0.3, 0.4) is 0 Å². The minimum atomic E-state index is 0.0204. The van der Waals surface area contributed by atoms with Gasteiger partial charge in [-0.3, -0.25) is 9.69 Å². The summed E-state index contributed by atoms with van der Waals surface area (Å²) in [6.07, 6.45) is 0. The number of hydrogen-bond donors (Lipinski definition) is 0. The Labute approximate surface area is 145 Å². The highest BCUT2D eigenvalue weighted by atomic mass is 35.5. The fourth-order valence-corrected chi connectivity index (χ4v) is 2.90. The smallest absolute Gasteiger partial charge is 0.241 e. The third-order valence-electron chi connectivity index (χ3n) is 3.95. The third-order valence-corrected chi connectivity index (χ3v) is 4.19. The fraction of sp³-hybridized carbons (Fsp3) is 0.438. The highest BCUT2D eigenvalue weighted by molar-refractivity contribution is 6.30. The molecule has 1 atom stereocenters. The molecule has 1 saturated heterocycles. The summed E-state index contributed by atoms with van der Waals surface area (Å²) in [4.78, 5) is 20.6. The highest BCUT2D eigenvalue weighted by Crippen LogP contribution is 2.24. The molecule has 0 aliphatic carbocycles. The lowest BCUT2D eigenvalue weighted by Crippen LogP contribution is -2.54. The van der Waals surface area contributed by atoms with Gasteiger partial charge in [-0.25, -0.2) is 0 Å². The molecule has 1 aromatic heterocycles. The molecule has 2 heterocycles. The van der Waals surface area contributed by atoms with Crippen molar-refractivity contribution < 1.29 is 14.1 Å². The first-order chi connectivity index (χ1) is 11.6. The number of methoxy groups -OCH3 is 1. The van der Waals surface area contributed by atoms with E-state index in [9.17, 15) is 4.79 Å². The molecule has 1 aromatic carbocycles. The van der Waals surface area contributed by atoms with E-state index in [1.807, 2.05) is 17.0 Å². The SMILES string of the molecule is COCc1noc(CN2CC(=O)N(c3cccc(Cl)c3)C[C@@H]2C)n1. The number of ether oxygens (including phenoxy) is 1. The average molecular weight is 351 g/mol. The quantitative estimate of drug-likeness (QED) is 0.822. The molecule has 0 saturated carbocycles. The van der Waals surface area contributed by atoms with Crippen LogP contribution in [0.25, 0.3) is 0 Å². The Kier molecular flexibility index (Phi) is 5.13. The van der Waals surface area contributed by atoms with Crippen molar-refractivity contribution in [1.82, 2.24) is 15.0 Å². The Balaban J connectivity index is 1.67. The van der Waals surface area contributed by atoms with Crippen LogP contribution < -0.4 is 4.90 Å². The molecule has 0 radical (unpaired) electrons. The third kappa shape index (κ3) is 3.75. The number of carbonyl (C=O) groups is 1. The van der Waals surface area contributed by atoms with E-state index < -0.39 is 0 Å². The predicted octanol–water partition coefficient (Wildman–Crippen LogP) is 2.11. The number of rotatable bonds is 5. The van der Waals surface area contributed by atoms with Gasteiger partial charge in [0.15, 0.2) is 5.82 Å². The minimum absolute atomic E-state index is 0.0204. The summed E-state index contributed by atoms with van der Waals surface area (Å²) in [5, 5.41) is 4.46. The normalized spacial score (nSPS) is 19.0. The minimum Gasteiger partial charge on any atom is -0.377 e. The van der Waals surface area contributed by atoms with Crippen LogP contribution in [-0.2, 0) is 22.7 Å². The van der Waals surface area contributed by atoms with Gasteiger partial charge >= 0.3 is 0 Å². The van der Waals surface area contributed by atoms with Crippen LogP contribution in [0, 0.1) is 0 Å². The number of benzene rings is 1. The Hall–Kier alpha value is -1.96. The second-order valence-corrected chi connectivity index (χ2v) is 6.21. The first-order valence-corrected chi connectivity index (χ1v) is 8.05. The molecule has 1 aliphatic heterocycles. The Morgan fingerprint density at radius 1 is 1.46 bits per heavy atom. The van der Waals surface area contributed by atoms with Gasteiger partial charge in [-0.05, 0) is 25.1 Å². The largest absolute Gasteiger partial charge is 0.377 e.